The van der Waals surface area contributed by atoms with Crippen molar-refractivity contribution < 1.29 is 0 Å². The fraction of sp³-hybridized carbons (Fsp3) is 0.909. The molecule has 14 heavy (non-hydrogen) atoms. The lowest BCUT2D eigenvalue weighted by Gasteiger charge is -2.31. The van der Waals surface area contributed by atoms with E-state index in [-0.39, 0.29) is 0 Å². The summed E-state index contributed by atoms with van der Waals surface area (Å²) in [5.41, 5.74) is 5.16. The molecular weight excluding hydrogens is 174 g/mol. The Bertz CT molecular complexity index is 227. The molecule has 1 fully saturated rings. The van der Waals surface area contributed by atoms with Crippen LogP contribution in [-0.4, -0.2) is 29.6 Å². The van der Waals surface area contributed by atoms with Gasteiger partial charge in [-0.15, -0.1) is 0 Å². The first-order valence-electron chi connectivity index (χ1n) is 5.40. The number of nitriles is 1. The van der Waals surface area contributed by atoms with Gasteiger partial charge in [-0.25, -0.2) is 0 Å². The molecule has 2 atom stereocenters. The highest BCUT2D eigenvalue weighted by Gasteiger charge is 2.31. The summed E-state index contributed by atoms with van der Waals surface area (Å²) < 4.78 is 0. The lowest BCUT2D eigenvalue weighted by Crippen LogP contribution is -2.49. The van der Waals surface area contributed by atoms with Crippen molar-refractivity contribution in [1.29, 1.82) is 5.26 Å². The summed E-state index contributed by atoms with van der Waals surface area (Å²) in [6.45, 7) is 8.08. The van der Waals surface area contributed by atoms with Crippen LogP contribution in [0.3, 0.4) is 0 Å². The Balaban J connectivity index is 2.57. The molecule has 0 bridgehead atoms. The summed E-state index contributed by atoms with van der Waals surface area (Å²) in [6, 6.07) is 2.78. The third-order valence-electron chi connectivity index (χ3n) is 2.97. The molecule has 1 aliphatic heterocycles. The van der Waals surface area contributed by atoms with Gasteiger partial charge in [0.1, 0.15) is 5.54 Å². The molecule has 2 N–H and O–H groups in total. The van der Waals surface area contributed by atoms with Crippen molar-refractivity contribution in [1.82, 2.24) is 4.90 Å². The second-order valence-electron chi connectivity index (χ2n) is 4.95. The summed E-state index contributed by atoms with van der Waals surface area (Å²) in [5, 5.41) is 8.88. The van der Waals surface area contributed by atoms with Crippen LogP contribution < -0.4 is 5.73 Å². The van der Waals surface area contributed by atoms with Crippen molar-refractivity contribution >= 4 is 0 Å². The van der Waals surface area contributed by atoms with Crippen LogP contribution in [0.1, 0.15) is 33.6 Å². The van der Waals surface area contributed by atoms with E-state index in [2.05, 4.69) is 24.8 Å². The fourth-order valence-electron chi connectivity index (χ4n) is 2.26. The Morgan fingerprint density at radius 3 is 2.79 bits per heavy atom. The van der Waals surface area contributed by atoms with Crippen LogP contribution in [0.25, 0.3) is 0 Å². The maximum absolute atomic E-state index is 8.88. The van der Waals surface area contributed by atoms with Crippen LogP contribution in [0, 0.1) is 17.2 Å². The van der Waals surface area contributed by atoms with Crippen molar-refractivity contribution in [3.63, 3.8) is 0 Å². The second kappa shape index (κ2) is 4.29. The molecular formula is C11H21N3. The molecule has 0 spiro atoms. The van der Waals surface area contributed by atoms with E-state index in [1.54, 1.807) is 0 Å². The van der Waals surface area contributed by atoms with Gasteiger partial charge in [0.2, 0.25) is 0 Å². The Kier molecular flexibility index (Phi) is 3.52. The fourth-order valence-corrected chi connectivity index (χ4v) is 2.26. The maximum atomic E-state index is 8.88. The van der Waals surface area contributed by atoms with Gasteiger partial charge in [0, 0.05) is 12.6 Å². The molecule has 3 nitrogen and oxygen atoms in total. The smallest absolute Gasteiger partial charge is 0.114 e. The van der Waals surface area contributed by atoms with Crippen molar-refractivity contribution in [2.75, 3.05) is 13.1 Å². The topological polar surface area (TPSA) is 53.0 Å². The number of likely N-dealkylation sites (tertiary alicyclic amines) is 1. The molecule has 3 heteroatoms. The minimum atomic E-state index is -0.697. The highest BCUT2D eigenvalue weighted by Crippen LogP contribution is 2.24. The molecule has 0 aromatic carbocycles. The first-order valence-corrected chi connectivity index (χ1v) is 5.40. The number of hydrogen-bond acceptors (Lipinski definition) is 3. The first kappa shape index (κ1) is 11.5. The zero-order chi connectivity index (χ0) is 10.8. The molecule has 0 aromatic heterocycles. The molecule has 0 radical (unpaired) electrons. The van der Waals surface area contributed by atoms with Gasteiger partial charge in [0.25, 0.3) is 0 Å². The van der Waals surface area contributed by atoms with Gasteiger partial charge < -0.3 is 5.73 Å². The molecule has 0 amide bonds. The first-order chi connectivity index (χ1) is 6.46. The van der Waals surface area contributed by atoms with E-state index in [1.807, 2.05) is 6.92 Å². The van der Waals surface area contributed by atoms with E-state index in [1.165, 1.54) is 12.8 Å². The van der Waals surface area contributed by atoms with Crippen LogP contribution in [0.5, 0.6) is 0 Å². The molecule has 0 saturated carbocycles. The van der Waals surface area contributed by atoms with Crippen molar-refractivity contribution in [2.45, 2.75) is 45.2 Å². The standard InChI is InChI=1S/C11H21N3/c1-9(2)10-5-4-6-14(10)8-11(3,13)7-12/h9-10H,4-6,8,13H2,1-3H3. The van der Waals surface area contributed by atoms with Crippen LogP contribution in [0.15, 0.2) is 0 Å². The molecule has 0 aliphatic carbocycles. The zero-order valence-electron chi connectivity index (χ0n) is 9.45. The van der Waals surface area contributed by atoms with Crippen LogP contribution >= 0.6 is 0 Å². The summed E-state index contributed by atoms with van der Waals surface area (Å²) in [6.07, 6.45) is 2.49. The van der Waals surface area contributed by atoms with Crippen molar-refractivity contribution in [2.24, 2.45) is 11.7 Å². The monoisotopic (exact) mass is 195 g/mol. The zero-order valence-corrected chi connectivity index (χ0v) is 9.45. The van der Waals surface area contributed by atoms with E-state index in [0.717, 1.165) is 6.54 Å². The largest absolute Gasteiger partial charge is 0.313 e. The quantitative estimate of drug-likeness (QED) is 0.739. The minimum absolute atomic E-state index is 0.617. The molecule has 0 aromatic rings. The van der Waals surface area contributed by atoms with Crippen molar-refractivity contribution in [3.8, 4) is 6.07 Å². The lowest BCUT2D eigenvalue weighted by atomic mass is 9.99. The predicted octanol–water partition coefficient (Wildman–Crippen LogP) is 1.35. The highest BCUT2D eigenvalue weighted by molar-refractivity contribution is 5.04. The van der Waals surface area contributed by atoms with Crippen molar-refractivity contribution in [3.05, 3.63) is 0 Å². The van der Waals surface area contributed by atoms with Gasteiger partial charge in [-0.2, -0.15) is 5.26 Å². The number of nitrogens with two attached hydrogens (primary N) is 1. The number of rotatable bonds is 3. The second-order valence-corrected chi connectivity index (χ2v) is 4.95. The average Bonchev–Trinajstić information content (AvgIpc) is 2.51. The Hall–Kier alpha value is -0.590. The van der Waals surface area contributed by atoms with Gasteiger partial charge >= 0.3 is 0 Å². The van der Waals surface area contributed by atoms with Crippen LogP contribution in [0.4, 0.5) is 0 Å². The van der Waals surface area contributed by atoms with E-state index in [0.29, 0.717) is 18.5 Å². The highest BCUT2D eigenvalue weighted by atomic mass is 15.2. The summed E-state index contributed by atoms with van der Waals surface area (Å²) in [5.74, 6) is 0.659. The molecule has 1 heterocycles. The summed E-state index contributed by atoms with van der Waals surface area (Å²) in [7, 11) is 0. The van der Waals surface area contributed by atoms with Gasteiger partial charge in [0.15, 0.2) is 0 Å². The molecule has 2 unspecified atom stereocenters. The van der Waals surface area contributed by atoms with Gasteiger partial charge in [-0.3, -0.25) is 4.90 Å². The molecule has 1 saturated heterocycles. The Morgan fingerprint density at radius 2 is 2.29 bits per heavy atom. The molecule has 1 rings (SSSR count). The van der Waals surface area contributed by atoms with Gasteiger partial charge in [0.05, 0.1) is 6.07 Å². The van der Waals surface area contributed by atoms with E-state index < -0.39 is 5.54 Å². The SMILES string of the molecule is CC(C)C1CCCN1CC(C)(N)C#N. The Morgan fingerprint density at radius 1 is 1.64 bits per heavy atom. The van der Waals surface area contributed by atoms with E-state index in [4.69, 9.17) is 11.0 Å². The Labute approximate surface area is 86.9 Å². The summed E-state index contributed by atoms with van der Waals surface area (Å²) >= 11 is 0. The number of hydrogen-bond donors (Lipinski definition) is 1. The lowest BCUT2D eigenvalue weighted by molar-refractivity contribution is 0.184. The third-order valence-corrected chi connectivity index (χ3v) is 2.97. The van der Waals surface area contributed by atoms with Gasteiger partial charge in [-0.1, -0.05) is 13.8 Å². The summed E-state index contributed by atoms with van der Waals surface area (Å²) in [4.78, 5) is 2.37. The predicted molar refractivity (Wildman–Crippen MR) is 57.6 cm³/mol. The normalized spacial score (nSPS) is 27.6. The average molecular weight is 195 g/mol. The van der Waals surface area contributed by atoms with Crippen LogP contribution in [-0.2, 0) is 0 Å². The molecule has 80 valence electrons. The minimum Gasteiger partial charge on any atom is -0.313 e. The van der Waals surface area contributed by atoms with Crippen LogP contribution in [0.2, 0.25) is 0 Å². The third kappa shape index (κ3) is 2.70. The van der Waals surface area contributed by atoms with Gasteiger partial charge in [-0.05, 0) is 32.2 Å². The van der Waals surface area contributed by atoms with E-state index in [9.17, 15) is 0 Å². The molecule has 1 aliphatic rings. The number of nitrogens with zero attached hydrogens (tertiary/aromatic N) is 2. The maximum Gasteiger partial charge on any atom is 0.114 e. The van der Waals surface area contributed by atoms with E-state index >= 15 is 0 Å².